The average molecular weight is 868 g/mol. The number of ether oxygens (including phenoxy) is 7. The van der Waals surface area contributed by atoms with Crippen molar-refractivity contribution in [1.29, 1.82) is 0 Å². The van der Waals surface area contributed by atoms with Crippen LogP contribution in [0.15, 0.2) is 84.1 Å². The predicted octanol–water partition coefficient (Wildman–Crippen LogP) is 8.13. The molecule has 1 unspecified atom stereocenters. The lowest BCUT2D eigenvalue weighted by Crippen LogP contribution is -2.70. The summed E-state index contributed by atoms with van der Waals surface area (Å²) in [6.45, 7) is 7.44. The third-order valence-corrected chi connectivity index (χ3v) is 13.0. The molecule has 14 heteroatoms. The summed E-state index contributed by atoms with van der Waals surface area (Å²) in [6.07, 6.45) is 10.4. The van der Waals surface area contributed by atoms with E-state index in [0.717, 1.165) is 66.6 Å². The van der Waals surface area contributed by atoms with E-state index < -0.39 is 30.1 Å². The van der Waals surface area contributed by atoms with Crippen molar-refractivity contribution in [2.75, 3.05) is 40.3 Å². The zero-order chi connectivity index (χ0) is 43.8. The van der Waals surface area contributed by atoms with Crippen LogP contribution in [-0.4, -0.2) is 90.4 Å². The van der Waals surface area contributed by atoms with E-state index in [1.54, 1.807) is 11.0 Å². The van der Waals surface area contributed by atoms with Gasteiger partial charge in [-0.2, -0.15) is 0 Å². The van der Waals surface area contributed by atoms with Gasteiger partial charge in [-0.15, -0.1) is 6.58 Å². The highest BCUT2D eigenvalue weighted by Gasteiger charge is 2.65. The van der Waals surface area contributed by atoms with Gasteiger partial charge in [0, 0.05) is 49.8 Å². The number of nitrogens with zero attached hydrogens (tertiary/aromatic N) is 3. The van der Waals surface area contributed by atoms with E-state index in [1.807, 2.05) is 55.5 Å². The standard InChI is InChI=1S/C49H61N3O11/c1-4-23-61-49-44(52(48(55)56-3)29-33-17-19-42-43(25-33)60-31-59-42)28-40(51-63-45-16-7-10-24-57-45)38-26-34(13-5-8-21-53)37(15-6-9-22-54)46(47(38)49)39-27-36(18-20-41(39)62-49)58-30-35-14-11-12-32(2)50-35/h4,11-12,14,17-20,25-27,34,37,44-47,53-54H,1,5-10,13,15-16,21-24,28-31H2,2-3H3/t34-,37+,44-,45?,46+,47+,49+/m0/s1. The van der Waals surface area contributed by atoms with E-state index in [9.17, 15) is 15.0 Å². The highest BCUT2D eigenvalue weighted by Crippen LogP contribution is 2.62. The Hall–Kier alpha value is -5.15. The highest BCUT2D eigenvalue weighted by atomic mass is 16.8. The quantitative estimate of drug-likeness (QED) is 0.0678. The summed E-state index contributed by atoms with van der Waals surface area (Å²) in [4.78, 5) is 27.0. The largest absolute Gasteiger partial charge is 0.487 e. The minimum Gasteiger partial charge on any atom is -0.487 e. The van der Waals surface area contributed by atoms with Gasteiger partial charge in [0.25, 0.3) is 0 Å². The number of oxime groups is 1. The van der Waals surface area contributed by atoms with Gasteiger partial charge in [-0.1, -0.05) is 42.3 Å². The average Bonchev–Trinajstić information content (AvgIpc) is 3.78. The number of aliphatic hydroxyl groups excluding tert-OH is 2. The van der Waals surface area contributed by atoms with Crippen LogP contribution in [0.25, 0.3) is 0 Å². The second kappa shape index (κ2) is 20.6. The SMILES string of the molecule is C=CCO[C@@]12Oc3ccc(OCc4cccc(C)n4)cc3[C@H]3[C@H](CCCCO)[C@@H](CCCCO)C=C(C(=NOC4CCCCO4)C[C@@H]1N(Cc1ccc4c(c1)OCO4)C(=O)OC)[C@H]32. The van der Waals surface area contributed by atoms with Crippen LogP contribution >= 0.6 is 0 Å². The number of aromatic nitrogens is 1. The Bertz CT molecular complexity index is 2120. The van der Waals surface area contributed by atoms with Crippen molar-refractivity contribution >= 4 is 11.8 Å². The Labute approximate surface area is 369 Å². The van der Waals surface area contributed by atoms with Gasteiger partial charge >= 0.3 is 6.09 Å². The number of carbonyl (C=O) groups excluding carboxylic acids is 1. The molecular weight excluding hydrogens is 807 g/mol. The maximum absolute atomic E-state index is 14.4. The smallest absolute Gasteiger partial charge is 0.410 e. The maximum Gasteiger partial charge on any atom is 0.410 e. The third-order valence-electron chi connectivity index (χ3n) is 13.0. The lowest BCUT2D eigenvalue weighted by atomic mass is 9.55. The Morgan fingerprint density at radius 2 is 1.84 bits per heavy atom. The number of unbranched alkanes of at least 4 members (excludes halogenated alkanes) is 2. The molecule has 0 radical (unpaired) electrons. The molecule has 8 rings (SSSR count). The molecule has 3 aliphatic heterocycles. The van der Waals surface area contributed by atoms with Gasteiger partial charge < -0.3 is 48.2 Å². The molecule has 7 atom stereocenters. The Kier molecular flexibility index (Phi) is 14.5. The van der Waals surface area contributed by atoms with Gasteiger partial charge in [-0.3, -0.25) is 9.88 Å². The summed E-state index contributed by atoms with van der Waals surface area (Å²) >= 11 is 0. The molecule has 14 nitrogen and oxygen atoms in total. The fourth-order valence-electron chi connectivity index (χ4n) is 10.1. The molecular formula is C49H61N3O11. The Morgan fingerprint density at radius 1 is 1.02 bits per heavy atom. The number of hydrogen-bond acceptors (Lipinski definition) is 13. The molecule has 2 aliphatic carbocycles. The van der Waals surface area contributed by atoms with Crippen LogP contribution < -0.4 is 18.9 Å². The second-order valence-electron chi connectivity index (χ2n) is 17.0. The first-order valence-electron chi connectivity index (χ1n) is 22.5. The van der Waals surface area contributed by atoms with Crippen LogP contribution in [0.4, 0.5) is 4.79 Å². The molecule has 3 aromatic rings. The van der Waals surface area contributed by atoms with Crippen molar-refractivity contribution in [1.82, 2.24) is 9.88 Å². The molecule has 2 aromatic carbocycles. The van der Waals surface area contributed by atoms with Crippen molar-refractivity contribution in [3.63, 3.8) is 0 Å². The number of rotatable bonds is 19. The van der Waals surface area contributed by atoms with Crippen LogP contribution in [0, 0.1) is 24.7 Å². The molecule has 63 heavy (non-hydrogen) atoms. The van der Waals surface area contributed by atoms with Crippen LogP contribution in [0.2, 0.25) is 0 Å². The number of benzene rings is 2. The number of fused-ring (bicyclic) bond motifs is 3. The number of aliphatic hydroxyl groups is 2. The highest BCUT2D eigenvalue weighted by molar-refractivity contribution is 6.03. The minimum absolute atomic E-state index is 0.0371. The summed E-state index contributed by atoms with van der Waals surface area (Å²) in [7, 11) is 1.38. The fraction of sp³-hybridized carbons (Fsp3) is 0.531. The molecule has 5 aliphatic rings. The molecule has 1 saturated carbocycles. The summed E-state index contributed by atoms with van der Waals surface area (Å²) in [5, 5.41) is 24.9. The van der Waals surface area contributed by atoms with Crippen LogP contribution in [0.1, 0.15) is 92.6 Å². The first-order valence-corrected chi connectivity index (χ1v) is 22.5. The zero-order valence-corrected chi connectivity index (χ0v) is 36.5. The van der Waals surface area contributed by atoms with Gasteiger partial charge in [0.05, 0.1) is 37.6 Å². The van der Waals surface area contributed by atoms with Crippen molar-refractivity contribution in [2.24, 2.45) is 22.9 Å². The van der Waals surface area contributed by atoms with Crippen LogP contribution in [0.5, 0.6) is 23.0 Å². The molecule has 0 spiro atoms. The number of carbonyl (C=O) groups is 1. The number of aryl methyl sites for hydroxylation is 1. The van der Waals surface area contributed by atoms with E-state index >= 15 is 0 Å². The van der Waals surface area contributed by atoms with Crippen molar-refractivity contribution in [3.05, 3.63) is 101 Å². The Balaban J connectivity index is 1.30. The normalized spacial score (nSPS) is 26.2. The number of methoxy groups -OCH3 is 1. The molecule has 4 heterocycles. The maximum atomic E-state index is 14.4. The van der Waals surface area contributed by atoms with Gasteiger partial charge in [0.1, 0.15) is 24.1 Å². The van der Waals surface area contributed by atoms with Gasteiger partial charge in [-0.25, -0.2) is 4.79 Å². The topological polar surface area (TPSA) is 160 Å². The molecule has 2 N–H and O–H groups in total. The third kappa shape index (κ3) is 9.69. The summed E-state index contributed by atoms with van der Waals surface area (Å²) < 4.78 is 43.9. The molecule has 338 valence electrons. The molecule has 1 saturated heterocycles. The lowest BCUT2D eigenvalue weighted by molar-refractivity contribution is -0.256. The predicted molar refractivity (Wildman–Crippen MR) is 233 cm³/mol. The first-order chi connectivity index (χ1) is 30.8. The number of allylic oxidation sites excluding steroid dienone is 1. The minimum atomic E-state index is -1.47. The molecule has 1 aromatic heterocycles. The van der Waals surface area contributed by atoms with E-state index in [1.165, 1.54) is 7.11 Å². The van der Waals surface area contributed by atoms with Gasteiger partial charge in [0.15, 0.2) is 11.5 Å². The van der Waals surface area contributed by atoms with E-state index in [2.05, 4.69) is 23.7 Å². The van der Waals surface area contributed by atoms with E-state index in [-0.39, 0.29) is 63.9 Å². The number of pyridine rings is 1. The summed E-state index contributed by atoms with van der Waals surface area (Å²) in [5.41, 5.74) is 5.08. The first kappa shape index (κ1) is 44.5. The van der Waals surface area contributed by atoms with Crippen molar-refractivity contribution in [2.45, 2.75) is 108 Å². The Morgan fingerprint density at radius 3 is 2.62 bits per heavy atom. The van der Waals surface area contributed by atoms with E-state index in [0.29, 0.717) is 54.6 Å². The fourth-order valence-corrected chi connectivity index (χ4v) is 10.1. The van der Waals surface area contributed by atoms with Crippen LogP contribution in [0.3, 0.4) is 0 Å². The monoisotopic (exact) mass is 867 g/mol. The zero-order valence-electron chi connectivity index (χ0n) is 36.5. The van der Waals surface area contributed by atoms with E-state index in [4.69, 9.17) is 43.2 Å². The lowest BCUT2D eigenvalue weighted by Gasteiger charge is -2.59. The van der Waals surface area contributed by atoms with Gasteiger partial charge in [0.2, 0.25) is 18.9 Å². The van der Waals surface area contributed by atoms with Gasteiger partial charge in [-0.05, 0) is 111 Å². The van der Waals surface area contributed by atoms with Crippen molar-refractivity contribution in [3.8, 4) is 23.0 Å². The number of amides is 1. The molecule has 0 bridgehead atoms. The summed E-state index contributed by atoms with van der Waals surface area (Å²) in [6, 6.07) is 16.7. The van der Waals surface area contributed by atoms with Crippen LogP contribution in [-0.2, 0) is 32.2 Å². The summed E-state index contributed by atoms with van der Waals surface area (Å²) in [5.74, 6) is 0.399. The second-order valence-corrected chi connectivity index (χ2v) is 17.0. The molecule has 2 fully saturated rings. The molecule has 1 amide bonds. The van der Waals surface area contributed by atoms with Crippen molar-refractivity contribution < 1.29 is 53.0 Å². The number of hydrogen-bond donors (Lipinski definition) is 2.